The number of nitrogens with zero attached hydrogens (tertiary/aromatic N) is 3. The van der Waals surface area contributed by atoms with Crippen LogP contribution in [0.25, 0.3) is 0 Å². The third kappa shape index (κ3) is 5.65. The molecule has 2 saturated heterocycles. The van der Waals surface area contributed by atoms with Crippen LogP contribution in [-0.4, -0.2) is 74.9 Å². The Morgan fingerprint density at radius 2 is 1.59 bits per heavy atom. The predicted molar refractivity (Wildman–Crippen MR) is 107 cm³/mol. The van der Waals surface area contributed by atoms with E-state index in [2.05, 4.69) is 17.4 Å². The number of amides is 1. The number of carbonyl (C=O) groups excluding carboxylic acids is 1. The highest BCUT2D eigenvalue weighted by molar-refractivity contribution is 7.89. The molecule has 0 unspecified atom stereocenters. The molecule has 0 aromatic heterocycles. The van der Waals surface area contributed by atoms with Crippen LogP contribution in [0.5, 0.6) is 0 Å². The molecule has 2 fully saturated rings. The molecule has 1 aromatic carbocycles. The maximum absolute atomic E-state index is 12.9. The topological polar surface area (TPSA) is 73.0 Å². The Morgan fingerprint density at radius 1 is 0.963 bits per heavy atom. The Labute approximate surface area is 168 Å². The number of hydrogen-bond acceptors (Lipinski definition) is 5. The van der Waals surface area contributed by atoms with Crippen LogP contribution >= 0.6 is 12.4 Å². The van der Waals surface area contributed by atoms with Gasteiger partial charge in [0.25, 0.3) is 5.91 Å². The molecule has 27 heavy (non-hydrogen) atoms. The van der Waals surface area contributed by atoms with Crippen molar-refractivity contribution in [3.05, 3.63) is 29.8 Å². The summed E-state index contributed by atoms with van der Waals surface area (Å²) in [5.74, 6) is -0.262. The van der Waals surface area contributed by atoms with Gasteiger partial charge in [-0.25, -0.2) is 13.4 Å². The molecule has 0 atom stereocenters. The molecular formula is C18H29ClN4O3S. The summed E-state index contributed by atoms with van der Waals surface area (Å²) in [5, 5.41) is 1.89. The van der Waals surface area contributed by atoms with Gasteiger partial charge in [0, 0.05) is 44.8 Å². The van der Waals surface area contributed by atoms with Crippen LogP contribution in [0.1, 0.15) is 36.0 Å². The maximum atomic E-state index is 12.9. The number of benzene rings is 1. The van der Waals surface area contributed by atoms with Gasteiger partial charge < -0.3 is 4.90 Å². The summed E-state index contributed by atoms with van der Waals surface area (Å²) in [7, 11) is -1.50. The second-order valence-corrected chi connectivity index (χ2v) is 9.02. The van der Waals surface area contributed by atoms with E-state index in [0.29, 0.717) is 18.7 Å². The molecule has 1 N–H and O–H groups in total. The minimum absolute atomic E-state index is 0. The molecule has 2 heterocycles. The largest absolute Gasteiger partial charge is 0.304 e. The van der Waals surface area contributed by atoms with E-state index < -0.39 is 10.0 Å². The summed E-state index contributed by atoms with van der Waals surface area (Å²) in [6.45, 7) is 4.41. The highest BCUT2D eigenvalue weighted by atomic mass is 35.5. The van der Waals surface area contributed by atoms with Crippen LogP contribution < -0.4 is 5.43 Å². The molecule has 9 heteroatoms. The van der Waals surface area contributed by atoms with E-state index in [0.717, 1.165) is 51.9 Å². The van der Waals surface area contributed by atoms with E-state index in [9.17, 15) is 13.2 Å². The SMILES string of the molecule is CN1CCN(NC(=O)c2cccc(S(=O)(=O)N3CCCCCC3)c2)CC1.Cl. The van der Waals surface area contributed by atoms with E-state index in [4.69, 9.17) is 0 Å². The van der Waals surface area contributed by atoms with Crippen molar-refractivity contribution < 1.29 is 13.2 Å². The third-order valence-corrected chi connectivity index (χ3v) is 6.96. The Bertz CT molecular complexity index is 728. The smallest absolute Gasteiger partial charge is 0.265 e. The zero-order valence-corrected chi connectivity index (χ0v) is 17.4. The van der Waals surface area contributed by atoms with Crippen LogP contribution in [0, 0.1) is 0 Å². The maximum Gasteiger partial charge on any atom is 0.265 e. The molecule has 0 radical (unpaired) electrons. The van der Waals surface area contributed by atoms with E-state index in [1.165, 1.54) is 6.07 Å². The average molecular weight is 417 g/mol. The third-order valence-electron chi connectivity index (χ3n) is 5.06. The first kappa shape index (κ1) is 22.1. The second-order valence-electron chi connectivity index (χ2n) is 7.08. The standard InChI is InChI=1S/C18H28N4O3S.ClH/c1-20-11-13-21(14-12-20)19-18(23)16-7-6-8-17(15-16)26(24,25)22-9-4-2-3-5-10-22;/h6-8,15H,2-5,9-14H2,1H3,(H,19,23);1H. The van der Waals surface area contributed by atoms with Crippen molar-refractivity contribution in [2.45, 2.75) is 30.6 Å². The number of likely N-dealkylation sites (N-methyl/N-ethyl adjacent to an activating group) is 1. The Kier molecular flexibility index (Phi) is 8.05. The van der Waals surface area contributed by atoms with Crippen LogP contribution in [0.15, 0.2) is 29.2 Å². The van der Waals surface area contributed by atoms with Crippen molar-refractivity contribution >= 4 is 28.3 Å². The second kappa shape index (κ2) is 9.84. The lowest BCUT2D eigenvalue weighted by Gasteiger charge is -2.32. The Hall–Kier alpha value is -1.19. The molecule has 1 amide bonds. The predicted octanol–water partition coefficient (Wildman–Crippen LogP) is 1.57. The lowest BCUT2D eigenvalue weighted by atomic mass is 10.2. The summed E-state index contributed by atoms with van der Waals surface area (Å²) < 4.78 is 27.4. The number of rotatable bonds is 4. The van der Waals surface area contributed by atoms with Crippen molar-refractivity contribution in [3.8, 4) is 0 Å². The number of hydrogen-bond donors (Lipinski definition) is 1. The molecular weight excluding hydrogens is 388 g/mol. The monoisotopic (exact) mass is 416 g/mol. The minimum Gasteiger partial charge on any atom is -0.304 e. The zero-order valence-electron chi connectivity index (χ0n) is 15.8. The van der Waals surface area contributed by atoms with E-state index in [1.807, 2.05) is 5.01 Å². The van der Waals surface area contributed by atoms with E-state index in [-0.39, 0.29) is 23.2 Å². The molecule has 152 valence electrons. The molecule has 0 saturated carbocycles. The van der Waals surface area contributed by atoms with Gasteiger partial charge in [0.2, 0.25) is 10.0 Å². The number of sulfonamides is 1. The van der Waals surface area contributed by atoms with Gasteiger partial charge in [0.05, 0.1) is 4.90 Å². The number of carbonyl (C=O) groups is 1. The lowest BCUT2D eigenvalue weighted by Crippen LogP contribution is -2.52. The summed E-state index contributed by atoms with van der Waals surface area (Å²) >= 11 is 0. The van der Waals surface area contributed by atoms with Crippen molar-refractivity contribution in [2.24, 2.45) is 0 Å². The van der Waals surface area contributed by atoms with Crippen LogP contribution in [0.3, 0.4) is 0 Å². The van der Waals surface area contributed by atoms with Crippen LogP contribution in [0.2, 0.25) is 0 Å². The fraction of sp³-hybridized carbons (Fsp3) is 0.611. The summed E-state index contributed by atoms with van der Waals surface area (Å²) in [6.07, 6.45) is 3.92. The Morgan fingerprint density at radius 3 is 2.22 bits per heavy atom. The van der Waals surface area contributed by atoms with Gasteiger partial charge in [0.15, 0.2) is 0 Å². The number of nitrogens with one attached hydrogen (secondary N) is 1. The molecule has 1 aromatic rings. The van der Waals surface area contributed by atoms with Gasteiger partial charge in [-0.2, -0.15) is 4.31 Å². The fourth-order valence-electron chi connectivity index (χ4n) is 3.36. The molecule has 0 bridgehead atoms. The van der Waals surface area contributed by atoms with Crippen LogP contribution in [-0.2, 0) is 10.0 Å². The van der Waals surface area contributed by atoms with E-state index >= 15 is 0 Å². The van der Waals surface area contributed by atoms with Crippen molar-refractivity contribution in [1.82, 2.24) is 19.6 Å². The van der Waals surface area contributed by atoms with Crippen molar-refractivity contribution in [1.29, 1.82) is 0 Å². The normalized spacial score (nSPS) is 20.5. The summed E-state index contributed by atoms with van der Waals surface area (Å²) in [4.78, 5) is 14.9. The van der Waals surface area contributed by atoms with Gasteiger partial charge in [-0.15, -0.1) is 12.4 Å². The highest BCUT2D eigenvalue weighted by Crippen LogP contribution is 2.21. The number of halogens is 1. The van der Waals surface area contributed by atoms with Gasteiger partial charge in [-0.05, 0) is 38.1 Å². The molecule has 3 rings (SSSR count). The quantitative estimate of drug-likeness (QED) is 0.806. The molecule has 7 nitrogen and oxygen atoms in total. The first-order valence-electron chi connectivity index (χ1n) is 9.31. The minimum atomic E-state index is -3.55. The summed E-state index contributed by atoms with van der Waals surface area (Å²) in [5.41, 5.74) is 3.26. The number of piperazine rings is 1. The molecule has 2 aliphatic rings. The van der Waals surface area contributed by atoms with Gasteiger partial charge in [0.1, 0.15) is 0 Å². The lowest BCUT2D eigenvalue weighted by molar-refractivity contribution is 0.0662. The molecule has 2 aliphatic heterocycles. The van der Waals surface area contributed by atoms with Gasteiger partial charge in [-0.3, -0.25) is 10.2 Å². The Balaban J connectivity index is 0.00000261. The molecule has 0 aliphatic carbocycles. The fourth-order valence-corrected chi connectivity index (χ4v) is 4.92. The van der Waals surface area contributed by atoms with Gasteiger partial charge in [-0.1, -0.05) is 18.9 Å². The average Bonchev–Trinajstić information content (AvgIpc) is 2.94. The van der Waals surface area contributed by atoms with Gasteiger partial charge >= 0.3 is 0 Å². The molecule has 0 spiro atoms. The highest BCUT2D eigenvalue weighted by Gasteiger charge is 2.26. The van der Waals surface area contributed by atoms with Crippen LogP contribution in [0.4, 0.5) is 0 Å². The summed E-state index contributed by atoms with van der Waals surface area (Å²) in [6, 6.07) is 6.37. The first-order chi connectivity index (χ1) is 12.5. The first-order valence-corrected chi connectivity index (χ1v) is 10.8. The van der Waals surface area contributed by atoms with Crippen molar-refractivity contribution in [2.75, 3.05) is 46.3 Å². The van der Waals surface area contributed by atoms with Crippen molar-refractivity contribution in [3.63, 3.8) is 0 Å². The zero-order chi connectivity index (χ0) is 18.6. The van der Waals surface area contributed by atoms with E-state index in [1.54, 1.807) is 22.5 Å². The number of hydrazine groups is 1.